The van der Waals surface area contributed by atoms with E-state index < -0.39 is 0 Å². The molecule has 136 valence electrons. The van der Waals surface area contributed by atoms with E-state index in [1.165, 1.54) is 0 Å². The first-order chi connectivity index (χ1) is 12.7. The summed E-state index contributed by atoms with van der Waals surface area (Å²) in [4.78, 5) is 4.51. The van der Waals surface area contributed by atoms with Crippen molar-refractivity contribution in [2.45, 2.75) is 12.5 Å². The fourth-order valence-corrected chi connectivity index (χ4v) is 2.58. The van der Waals surface area contributed by atoms with Crippen LogP contribution in [0, 0.1) is 0 Å². The van der Waals surface area contributed by atoms with Gasteiger partial charge in [-0.2, -0.15) is 5.10 Å². The Morgan fingerprint density at radius 3 is 2.58 bits per heavy atom. The number of ether oxygens (including phenoxy) is 2. The molecule has 0 unspecified atom stereocenters. The molecule has 3 rings (SSSR count). The third-order valence-electron chi connectivity index (χ3n) is 4.06. The number of aromatic amines is 1. The first-order valence-corrected chi connectivity index (χ1v) is 8.38. The second-order valence-corrected chi connectivity index (χ2v) is 5.80. The largest absolute Gasteiger partial charge is 0.497 e. The van der Waals surface area contributed by atoms with Crippen LogP contribution in [-0.2, 0) is 6.42 Å². The van der Waals surface area contributed by atoms with E-state index in [4.69, 9.17) is 15.2 Å². The van der Waals surface area contributed by atoms with Crippen molar-refractivity contribution >= 4 is 5.69 Å². The average Bonchev–Trinajstić information content (AvgIpc) is 3.16. The van der Waals surface area contributed by atoms with Crippen molar-refractivity contribution in [2.24, 2.45) is 5.73 Å². The van der Waals surface area contributed by atoms with E-state index in [2.05, 4.69) is 20.5 Å². The maximum absolute atomic E-state index is 6.26. The molecule has 7 heteroatoms. The summed E-state index contributed by atoms with van der Waals surface area (Å²) in [6.07, 6.45) is 0.708. The van der Waals surface area contributed by atoms with Crippen LogP contribution in [0.4, 0.5) is 5.69 Å². The van der Waals surface area contributed by atoms with Crippen molar-refractivity contribution in [3.8, 4) is 11.5 Å². The molecule has 0 saturated carbocycles. The van der Waals surface area contributed by atoms with Crippen molar-refractivity contribution in [1.29, 1.82) is 0 Å². The van der Waals surface area contributed by atoms with Gasteiger partial charge in [0.25, 0.3) is 0 Å². The van der Waals surface area contributed by atoms with Gasteiger partial charge in [0.2, 0.25) is 0 Å². The normalized spacial score (nSPS) is 11.8. The highest BCUT2D eigenvalue weighted by molar-refractivity contribution is 5.48. The molecular formula is C19H23N5O2. The van der Waals surface area contributed by atoms with Crippen LogP contribution in [0.25, 0.3) is 0 Å². The van der Waals surface area contributed by atoms with Crippen LogP contribution in [0.1, 0.15) is 23.3 Å². The van der Waals surface area contributed by atoms with Gasteiger partial charge >= 0.3 is 0 Å². The number of nitrogens with zero attached hydrogens (tertiary/aromatic N) is 2. The first-order valence-electron chi connectivity index (χ1n) is 8.38. The Labute approximate surface area is 152 Å². The molecule has 1 heterocycles. The summed E-state index contributed by atoms with van der Waals surface area (Å²) in [7, 11) is 3.29. The molecule has 1 aromatic heterocycles. The van der Waals surface area contributed by atoms with Crippen molar-refractivity contribution in [3.63, 3.8) is 0 Å². The Morgan fingerprint density at radius 2 is 1.85 bits per heavy atom. The van der Waals surface area contributed by atoms with E-state index in [1.54, 1.807) is 14.2 Å². The number of rotatable bonds is 8. The molecule has 0 spiro atoms. The number of aromatic nitrogens is 3. The van der Waals surface area contributed by atoms with Crippen LogP contribution in [0.15, 0.2) is 48.5 Å². The number of methoxy groups -OCH3 is 2. The minimum Gasteiger partial charge on any atom is -0.497 e. The Kier molecular flexibility index (Phi) is 5.70. The molecule has 0 aliphatic carbocycles. The number of nitrogens with one attached hydrogen (secondary N) is 2. The highest BCUT2D eigenvalue weighted by Gasteiger charge is 2.14. The summed E-state index contributed by atoms with van der Waals surface area (Å²) in [5, 5.41) is 10.5. The Balaban J connectivity index is 1.56. The highest BCUT2D eigenvalue weighted by atomic mass is 16.5. The SMILES string of the molecule is COc1ccc([C@H](N)c2n[nH]c(CCNc3cccc(OC)c3)n2)cc1. The molecule has 0 bridgehead atoms. The number of benzene rings is 2. The van der Waals surface area contributed by atoms with Crippen molar-refractivity contribution in [2.75, 3.05) is 26.1 Å². The number of hydrogen-bond acceptors (Lipinski definition) is 6. The summed E-state index contributed by atoms with van der Waals surface area (Å²) in [5.41, 5.74) is 8.19. The lowest BCUT2D eigenvalue weighted by Gasteiger charge is -2.08. The van der Waals surface area contributed by atoms with Gasteiger partial charge in [-0.15, -0.1) is 0 Å². The average molecular weight is 353 g/mol. The molecule has 1 atom stereocenters. The summed E-state index contributed by atoms with van der Waals surface area (Å²) in [6.45, 7) is 0.722. The smallest absolute Gasteiger partial charge is 0.171 e. The Morgan fingerprint density at radius 1 is 1.08 bits per heavy atom. The molecule has 0 fully saturated rings. The Bertz CT molecular complexity index is 832. The van der Waals surface area contributed by atoms with Gasteiger partial charge in [-0.3, -0.25) is 5.10 Å². The van der Waals surface area contributed by atoms with E-state index >= 15 is 0 Å². The zero-order valence-corrected chi connectivity index (χ0v) is 14.9. The van der Waals surface area contributed by atoms with Crippen LogP contribution in [0.3, 0.4) is 0 Å². The van der Waals surface area contributed by atoms with Crippen LogP contribution in [0.2, 0.25) is 0 Å². The van der Waals surface area contributed by atoms with Crippen LogP contribution in [0.5, 0.6) is 11.5 Å². The second kappa shape index (κ2) is 8.35. The van der Waals surface area contributed by atoms with E-state index in [0.717, 1.165) is 35.1 Å². The lowest BCUT2D eigenvalue weighted by Crippen LogP contribution is -2.13. The van der Waals surface area contributed by atoms with Gasteiger partial charge in [-0.25, -0.2) is 4.98 Å². The Hall–Kier alpha value is -3.06. The van der Waals surface area contributed by atoms with Gasteiger partial charge in [0.15, 0.2) is 5.82 Å². The third-order valence-corrected chi connectivity index (χ3v) is 4.06. The van der Waals surface area contributed by atoms with Crippen molar-refractivity contribution in [1.82, 2.24) is 15.2 Å². The van der Waals surface area contributed by atoms with E-state index in [1.807, 2.05) is 48.5 Å². The van der Waals surface area contributed by atoms with Crippen LogP contribution < -0.4 is 20.5 Å². The molecule has 0 aliphatic heterocycles. The van der Waals surface area contributed by atoms with Crippen molar-refractivity contribution in [3.05, 3.63) is 65.7 Å². The lowest BCUT2D eigenvalue weighted by atomic mass is 10.1. The molecule has 0 saturated heterocycles. The quantitative estimate of drug-likeness (QED) is 0.576. The van der Waals surface area contributed by atoms with Gasteiger partial charge in [-0.1, -0.05) is 18.2 Å². The van der Waals surface area contributed by atoms with Gasteiger partial charge in [-0.05, 0) is 29.8 Å². The molecule has 3 aromatic rings. The fourth-order valence-electron chi connectivity index (χ4n) is 2.58. The maximum Gasteiger partial charge on any atom is 0.171 e. The predicted octanol–water partition coefficient (Wildman–Crippen LogP) is 2.52. The van der Waals surface area contributed by atoms with Crippen LogP contribution in [-0.4, -0.2) is 35.9 Å². The standard InChI is InChI=1S/C19H23N5O2/c1-25-15-8-6-13(7-9-15)18(20)19-22-17(23-24-19)10-11-21-14-4-3-5-16(12-14)26-2/h3-9,12,18,21H,10-11,20H2,1-2H3,(H,22,23,24)/t18-/m0/s1. The van der Waals surface area contributed by atoms with Gasteiger partial charge in [0.1, 0.15) is 17.3 Å². The zero-order valence-electron chi connectivity index (χ0n) is 14.9. The predicted molar refractivity (Wildman–Crippen MR) is 101 cm³/mol. The summed E-state index contributed by atoms with van der Waals surface area (Å²) < 4.78 is 10.4. The topological polar surface area (TPSA) is 98.1 Å². The zero-order chi connectivity index (χ0) is 18.4. The molecule has 26 heavy (non-hydrogen) atoms. The molecule has 2 aromatic carbocycles. The van der Waals surface area contributed by atoms with E-state index in [9.17, 15) is 0 Å². The summed E-state index contributed by atoms with van der Waals surface area (Å²) in [5.74, 6) is 2.98. The molecule has 0 aliphatic rings. The first kappa shape index (κ1) is 17.8. The second-order valence-electron chi connectivity index (χ2n) is 5.80. The molecular weight excluding hydrogens is 330 g/mol. The van der Waals surface area contributed by atoms with Gasteiger partial charge < -0.3 is 20.5 Å². The molecule has 7 nitrogen and oxygen atoms in total. The highest BCUT2D eigenvalue weighted by Crippen LogP contribution is 2.20. The van der Waals surface area contributed by atoms with Gasteiger partial charge in [0.05, 0.1) is 20.3 Å². The minimum absolute atomic E-state index is 0.378. The monoisotopic (exact) mass is 353 g/mol. The van der Waals surface area contributed by atoms with Crippen molar-refractivity contribution < 1.29 is 9.47 Å². The third kappa shape index (κ3) is 4.31. The summed E-state index contributed by atoms with van der Waals surface area (Å²) in [6, 6.07) is 15.0. The van der Waals surface area contributed by atoms with Gasteiger partial charge in [0, 0.05) is 24.7 Å². The lowest BCUT2D eigenvalue weighted by molar-refractivity contribution is 0.414. The van der Waals surface area contributed by atoms with Crippen LogP contribution >= 0.6 is 0 Å². The molecule has 0 radical (unpaired) electrons. The summed E-state index contributed by atoms with van der Waals surface area (Å²) >= 11 is 0. The van der Waals surface area contributed by atoms with E-state index in [0.29, 0.717) is 12.2 Å². The number of hydrogen-bond donors (Lipinski definition) is 3. The van der Waals surface area contributed by atoms with E-state index in [-0.39, 0.29) is 6.04 Å². The molecule has 0 amide bonds. The molecule has 4 N–H and O–H groups in total. The fraction of sp³-hybridized carbons (Fsp3) is 0.263. The number of nitrogens with two attached hydrogens (primary N) is 1. The maximum atomic E-state index is 6.26. The minimum atomic E-state index is -0.378. The number of anilines is 1. The number of H-pyrrole nitrogens is 1.